The smallest absolute Gasteiger partial charge is 0.0642 e. The van der Waals surface area contributed by atoms with Gasteiger partial charge in [-0.25, -0.2) is 0 Å². The van der Waals surface area contributed by atoms with Gasteiger partial charge in [-0.15, -0.1) is 0 Å². The number of para-hydroxylation sites is 1. The quantitative estimate of drug-likeness (QED) is 0.608. The van der Waals surface area contributed by atoms with Gasteiger partial charge in [-0.05, 0) is 31.4 Å². The fourth-order valence-corrected chi connectivity index (χ4v) is 2.39. The van der Waals surface area contributed by atoms with E-state index in [2.05, 4.69) is 18.3 Å². The Labute approximate surface area is 103 Å². The predicted octanol–water partition coefficient (Wildman–Crippen LogP) is 2.95. The second kappa shape index (κ2) is 5.92. The van der Waals surface area contributed by atoms with Gasteiger partial charge in [0.25, 0.3) is 0 Å². The maximum absolute atomic E-state index is 5.92. The molecule has 0 bridgehead atoms. The van der Waals surface area contributed by atoms with Crippen LogP contribution in [0.4, 0.5) is 11.4 Å². The highest BCUT2D eigenvalue weighted by Gasteiger charge is 2.14. The Morgan fingerprint density at radius 1 is 1.35 bits per heavy atom. The highest BCUT2D eigenvalue weighted by Crippen LogP contribution is 2.23. The van der Waals surface area contributed by atoms with E-state index >= 15 is 0 Å². The van der Waals surface area contributed by atoms with E-state index in [0.29, 0.717) is 6.10 Å². The van der Waals surface area contributed by atoms with Crippen molar-refractivity contribution in [3.8, 4) is 0 Å². The molecule has 1 aliphatic rings. The zero-order valence-corrected chi connectivity index (χ0v) is 10.5. The summed E-state index contributed by atoms with van der Waals surface area (Å²) in [6.07, 6.45) is 5.59. The van der Waals surface area contributed by atoms with Gasteiger partial charge < -0.3 is 15.8 Å². The van der Waals surface area contributed by atoms with Gasteiger partial charge in [0.05, 0.1) is 24.1 Å². The number of aryl methyl sites for hydroxylation is 1. The molecule has 1 aromatic carbocycles. The third-order valence-electron chi connectivity index (χ3n) is 3.36. The van der Waals surface area contributed by atoms with Gasteiger partial charge in [0.2, 0.25) is 0 Å². The number of hydrogen-bond acceptors (Lipinski definition) is 3. The van der Waals surface area contributed by atoms with Crippen molar-refractivity contribution < 1.29 is 4.74 Å². The molecule has 0 aromatic heterocycles. The largest absolute Gasteiger partial charge is 0.397 e. The average Bonchev–Trinajstić information content (AvgIpc) is 2.80. The van der Waals surface area contributed by atoms with Gasteiger partial charge in [-0.1, -0.05) is 25.0 Å². The van der Waals surface area contributed by atoms with Crippen molar-refractivity contribution in [3.05, 3.63) is 23.8 Å². The normalized spacial score (nSPS) is 16.3. The van der Waals surface area contributed by atoms with Crippen LogP contribution in [0.5, 0.6) is 0 Å². The molecule has 0 heterocycles. The highest BCUT2D eigenvalue weighted by atomic mass is 16.5. The molecule has 0 radical (unpaired) electrons. The Morgan fingerprint density at radius 2 is 2.12 bits per heavy atom. The van der Waals surface area contributed by atoms with Crippen molar-refractivity contribution in [2.75, 3.05) is 24.2 Å². The molecule has 1 fully saturated rings. The minimum atomic E-state index is 0.492. The second-order valence-electron chi connectivity index (χ2n) is 4.74. The summed E-state index contributed by atoms with van der Waals surface area (Å²) in [6.45, 7) is 3.65. The van der Waals surface area contributed by atoms with Crippen LogP contribution < -0.4 is 11.1 Å². The Hall–Kier alpha value is -1.22. The van der Waals surface area contributed by atoms with Crippen LogP contribution >= 0.6 is 0 Å². The van der Waals surface area contributed by atoms with Crippen molar-refractivity contribution in [2.45, 2.75) is 38.7 Å². The lowest BCUT2D eigenvalue weighted by molar-refractivity contribution is 0.0659. The number of rotatable bonds is 5. The maximum Gasteiger partial charge on any atom is 0.0642 e. The van der Waals surface area contributed by atoms with E-state index in [1.165, 1.54) is 31.2 Å². The third kappa shape index (κ3) is 3.37. The molecule has 0 amide bonds. The van der Waals surface area contributed by atoms with Crippen LogP contribution in [0.1, 0.15) is 31.2 Å². The summed E-state index contributed by atoms with van der Waals surface area (Å²) in [4.78, 5) is 0. The van der Waals surface area contributed by atoms with Crippen LogP contribution in [-0.4, -0.2) is 19.3 Å². The molecule has 1 aliphatic carbocycles. The monoisotopic (exact) mass is 234 g/mol. The van der Waals surface area contributed by atoms with E-state index in [1.54, 1.807) is 0 Å². The molecule has 1 aromatic rings. The first-order chi connectivity index (χ1) is 8.27. The summed E-state index contributed by atoms with van der Waals surface area (Å²) >= 11 is 0. The molecule has 0 atom stereocenters. The molecule has 0 aliphatic heterocycles. The van der Waals surface area contributed by atoms with Gasteiger partial charge in [0.15, 0.2) is 0 Å². The number of hydrogen-bond donors (Lipinski definition) is 2. The van der Waals surface area contributed by atoms with Crippen molar-refractivity contribution in [3.63, 3.8) is 0 Å². The standard InChI is InChI=1S/C14H22N2O/c1-11-5-4-8-13(15)14(11)16-9-10-17-12-6-2-3-7-12/h4-5,8,12,16H,2-3,6-7,9-10,15H2,1H3. The molecule has 2 rings (SSSR count). The zero-order valence-electron chi connectivity index (χ0n) is 10.5. The molecular weight excluding hydrogens is 212 g/mol. The lowest BCUT2D eigenvalue weighted by Gasteiger charge is -2.14. The predicted molar refractivity (Wildman–Crippen MR) is 72.3 cm³/mol. The van der Waals surface area contributed by atoms with Crippen LogP contribution in [-0.2, 0) is 4.74 Å². The van der Waals surface area contributed by atoms with Gasteiger partial charge in [-0.2, -0.15) is 0 Å². The summed E-state index contributed by atoms with van der Waals surface area (Å²) in [6, 6.07) is 5.97. The van der Waals surface area contributed by atoms with Gasteiger partial charge in [-0.3, -0.25) is 0 Å². The van der Waals surface area contributed by atoms with Crippen molar-refractivity contribution in [1.82, 2.24) is 0 Å². The minimum Gasteiger partial charge on any atom is -0.397 e. The third-order valence-corrected chi connectivity index (χ3v) is 3.36. The molecule has 3 N–H and O–H groups in total. The molecule has 0 unspecified atom stereocenters. The molecule has 3 nitrogen and oxygen atoms in total. The maximum atomic E-state index is 5.92. The molecule has 94 valence electrons. The number of anilines is 2. The van der Waals surface area contributed by atoms with Crippen LogP contribution in [0.15, 0.2) is 18.2 Å². The van der Waals surface area contributed by atoms with Gasteiger partial charge in [0, 0.05) is 6.54 Å². The number of ether oxygens (including phenoxy) is 1. The number of benzene rings is 1. The lowest BCUT2D eigenvalue weighted by Crippen LogP contribution is -2.16. The Kier molecular flexibility index (Phi) is 4.26. The zero-order chi connectivity index (χ0) is 12.1. The molecular formula is C14H22N2O. The first-order valence-corrected chi connectivity index (χ1v) is 6.48. The summed E-state index contributed by atoms with van der Waals surface area (Å²) in [5.74, 6) is 0. The molecule has 0 saturated heterocycles. The van der Waals surface area contributed by atoms with E-state index in [1.807, 2.05) is 12.1 Å². The Bertz CT molecular complexity index is 339. The van der Waals surface area contributed by atoms with Gasteiger partial charge in [0.1, 0.15) is 0 Å². The summed E-state index contributed by atoms with van der Waals surface area (Å²) in [7, 11) is 0. The Balaban J connectivity index is 1.74. The summed E-state index contributed by atoms with van der Waals surface area (Å²) in [5.41, 5.74) is 8.96. The summed E-state index contributed by atoms with van der Waals surface area (Å²) in [5, 5.41) is 3.36. The number of nitrogens with two attached hydrogens (primary N) is 1. The van der Waals surface area contributed by atoms with Crippen molar-refractivity contribution in [1.29, 1.82) is 0 Å². The summed E-state index contributed by atoms with van der Waals surface area (Å²) < 4.78 is 5.80. The fraction of sp³-hybridized carbons (Fsp3) is 0.571. The van der Waals surface area contributed by atoms with Crippen LogP contribution in [0.3, 0.4) is 0 Å². The minimum absolute atomic E-state index is 0.492. The molecule has 3 heteroatoms. The lowest BCUT2D eigenvalue weighted by atomic mass is 10.1. The Morgan fingerprint density at radius 3 is 2.82 bits per heavy atom. The van der Waals surface area contributed by atoms with Crippen LogP contribution in [0.25, 0.3) is 0 Å². The highest BCUT2D eigenvalue weighted by molar-refractivity contribution is 5.69. The first kappa shape index (κ1) is 12.2. The fourth-order valence-electron chi connectivity index (χ4n) is 2.39. The topological polar surface area (TPSA) is 47.3 Å². The van der Waals surface area contributed by atoms with E-state index in [0.717, 1.165) is 24.5 Å². The second-order valence-corrected chi connectivity index (χ2v) is 4.74. The number of nitrogens with one attached hydrogen (secondary N) is 1. The first-order valence-electron chi connectivity index (χ1n) is 6.48. The van der Waals surface area contributed by atoms with Crippen LogP contribution in [0, 0.1) is 6.92 Å². The molecule has 0 spiro atoms. The average molecular weight is 234 g/mol. The SMILES string of the molecule is Cc1cccc(N)c1NCCOC1CCCC1. The van der Waals surface area contributed by atoms with E-state index in [-0.39, 0.29) is 0 Å². The van der Waals surface area contributed by atoms with Crippen LogP contribution in [0.2, 0.25) is 0 Å². The van der Waals surface area contributed by atoms with E-state index in [9.17, 15) is 0 Å². The molecule has 1 saturated carbocycles. The molecule has 17 heavy (non-hydrogen) atoms. The van der Waals surface area contributed by atoms with Crippen molar-refractivity contribution in [2.24, 2.45) is 0 Å². The van der Waals surface area contributed by atoms with E-state index < -0.39 is 0 Å². The number of nitrogen functional groups attached to an aromatic ring is 1. The van der Waals surface area contributed by atoms with E-state index in [4.69, 9.17) is 10.5 Å². The van der Waals surface area contributed by atoms with Crippen molar-refractivity contribution >= 4 is 11.4 Å². The van der Waals surface area contributed by atoms with Gasteiger partial charge >= 0.3 is 0 Å².